The minimum atomic E-state index is -2.79. The summed E-state index contributed by atoms with van der Waals surface area (Å²) in [6, 6.07) is 0.964. The molecular weight excluding hydrogens is 248 g/mol. The highest BCUT2D eigenvalue weighted by atomic mass is 32.2. The minimum absolute atomic E-state index is 0.321. The Balaban J connectivity index is 2.35. The zero-order valence-electron chi connectivity index (χ0n) is 12.0. The summed E-state index contributed by atoms with van der Waals surface area (Å²) in [6.07, 6.45) is 3.17. The van der Waals surface area contributed by atoms with E-state index in [9.17, 15) is 8.42 Å². The summed E-state index contributed by atoms with van der Waals surface area (Å²) >= 11 is 0. The van der Waals surface area contributed by atoms with E-state index in [0.29, 0.717) is 30.1 Å². The zero-order chi connectivity index (χ0) is 13.6. The first-order valence-corrected chi connectivity index (χ1v) is 8.94. The normalized spacial score (nSPS) is 24.4. The summed E-state index contributed by atoms with van der Waals surface area (Å²) in [7, 11) is -2.79. The van der Waals surface area contributed by atoms with E-state index >= 15 is 0 Å². The van der Waals surface area contributed by atoms with E-state index in [1.807, 2.05) is 0 Å². The fraction of sp³-hybridized carbons (Fsp3) is 1.00. The molecule has 0 aromatic rings. The van der Waals surface area contributed by atoms with Crippen molar-refractivity contribution in [2.75, 3.05) is 31.1 Å². The molecule has 108 valence electrons. The first kappa shape index (κ1) is 15.9. The van der Waals surface area contributed by atoms with Crippen molar-refractivity contribution in [2.24, 2.45) is 0 Å². The Kier molecular flexibility index (Phi) is 6.60. The van der Waals surface area contributed by atoms with E-state index < -0.39 is 9.84 Å². The summed E-state index contributed by atoms with van der Waals surface area (Å²) < 4.78 is 23.1. The molecule has 18 heavy (non-hydrogen) atoms. The highest BCUT2D eigenvalue weighted by molar-refractivity contribution is 7.91. The largest absolute Gasteiger partial charge is 0.313 e. The van der Waals surface area contributed by atoms with Gasteiger partial charge in [-0.15, -0.1) is 0 Å². The van der Waals surface area contributed by atoms with E-state index in [-0.39, 0.29) is 0 Å². The molecule has 1 aliphatic rings. The number of nitrogens with zero attached hydrogens (tertiary/aromatic N) is 1. The Bertz CT molecular complexity index is 330. The standard InChI is InChI=1S/C13H28N2O2S/c1-4-6-12(2)14-11-13(3)15-7-5-9-18(16,17)10-8-15/h12-14H,4-11H2,1-3H3. The number of hydrogen-bond donors (Lipinski definition) is 1. The van der Waals surface area contributed by atoms with Crippen molar-refractivity contribution in [2.45, 2.75) is 52.1 Å². The molecule has 0 spiro atoms. The van der Waals surface area contributed by atoms with E-state index in [4.69, 9.17) is 0 Å². The van der Waals surface area contributed by atoms with Gasteiger partial charge in [-0.05, 0) is 33.2 Å². The molecule has 1 fully saturated rings. The number of sulfone groups is 1. The molecule has 1 N–H and O–H groups in total. The predicted octanol–water partition coefficient (Wildman–Crippen LogP) is 1.27. The molecule has 4 nitrogen and oxygen atoms in total. The SMILES string of the molecule is CCCC(C)NCC(C)N1CCCS(=O)(=O)CC1. The molecule has 1 aliphatic heterocycles. The molecule has 0 bridgehead atoms. The molecule has 1 saturated heterocycles. The van der Waals surface area contributed by atoms with Crippen LogP contribution in [0.25, 0.3) is 0 Å². The van der Waals surface area contributed by atoms with Gasteiger partial charge in [-0.2, -0.15) is 0 Å². The van der Waals surface area contributed by atoms with Gasteiger partial charge in [-0.25, -0.2) is 8.42 Å². The van der Waals surface area contributed by atoms with Crippen LogP contribution in [-0.2, 0) is 9.84 Å². The van der Waals surface area contributed by atoms with Crippen LogP contribution in [0.4, 0.5) is 0 Å². The van der Waals surface area contributed by atoms with Gasteiger partial charge in [-0.3, -0.25) is 4.90 Å². The third kappa shape index (κ3) is 5.67. The molecule has 0 radical (unpaired) electrons. The highest BCUT2D eigenvalue weighted by Gasteiger charge is 2.22. The van der Waals surface area contributed by atoms with Gasteiger partial charge < -0.3 is 5.32 Å². The van der Waals surface area contributed by atoms with Gasteiger partial charge in [0, 0.05) is 25.2 Å². The zero-order valence-corrected chi connectivity index (χ0v) is 12.8. The quantitative estimate of drug-likeness (QED) is 0.794. The Morgan fingerprint density at radius 3 is 2.61 bits per heavy atom. The maximum absolute atomic E-state index is 11.5. The van der Waals surface area contributed by atoms with Crippen LogP contribution in [0, 0.1) is 0 Å². The minimum Gasteiger partial charge on any atom is -0.313 e. The van der Waals surface area contributed by atoms with E-state index in [1.165, 1.54) is 12.8 Å². The van der Waals surface area contributed by atoms with Crippen molar-refractivity contribution in [3.63, 3.8) is 0 Å². The van der Waals surface area contributed by atoms with Gasteiger partial charge in [0.2, 0.25) is 0 Å². The second kappa shape index (κ2) is 7.46. The Morgan fingerprint density at radius 2 is 1.94 bits per heavy atom. The first-order valence-electron chi connectivity index (χ1n) is 7.12. The molecule has 2 unspecified atom stereocenters. The third-order valence-electron chi connectivity index (χ3n) is 3.70. The second-order valence-corrected chi connectivity index (χ2v) is 7.79. The lowest BCUT2D eigenvalue weighted by molar-refractivity contribution is 0.215. The van der Waals surface area contributed by atoms with Crippen LogP contribution >= 0.6 is 0 Å². The maximum Gasteiger partial charge on any atom is 0.151 e. The van der Waals surface area contributed by atoms with Crippen LogP contribution in [0.5, 0.6) is 0 Å². The molecule has 0 aromatic carbocycles. The molecule has 2 atom stereocenters. The molecule has 5 heteroatoms. The summed E-state index contributed by atoms with van der Waals surface area (Å²) in [5, 5.41) is 3.53. The lowest BCUT2D eigenvalue weighted by Crippen LogP contribution is -2.44. The maximum atomic E-state index is 11.5. The summed E-state index contributed by atoms with van der Waals surface area (Å²) in [4.78, 5) is 2.30. The Labute approximate surface area is 112 Å². The molecule has 1 heterocycles. The van der Waals surface area contributed by atoms with Crippen molar-refractivity contribution in [1.29, 1.82) is 0 Å². The van der Waals surface area contributed by atoms with Gasteiger partial charge in [-0.1, -0.05) is 13.3 Å². The second-order valence-electron chi connectivity index (χ2n) is 5.49. The average molecular weight is 276 g/mol. The van der Waals surface area contributed by atoms with Gasteiger partial charge in [0.25, 0.3) is 0 Å². The van der Waals surface area contributed by atoms with Gasteiger partial charge >= 0.3 is 0 Å². The number of hydrogen-bond acceptors (Lipinski definition) is 4. The number of rotatable bonds is 6. The van der Waals surface area contributed by atoms with Crippen LogP contribution in [0.15, 0.2) is 0 Å². The van der Waals surface area contributed by atoms with Gasteiger partial charge in [0.15, 0.2) is 9.84 Å². The van der Waals surface area contributed by atoms with Crippen LogP contribution in [0.3, 0.4) is 0 Å². The van der Waals surface area contributed by atoms with Crippen LogP contribution in [0.2, 0.25) is 0 Å². The first-order chi connectivity index (χ1) is 8.44. The van der Waals surface area contributed by atoms with Gasteiger partial charge in [0.05, 0.1) is 11.5 Å². The fourth-order valence-corrected chi connectivity index (χ4v) is 3.72. The summed E-state index contributed by atoms with van der Waals surface area (Å²) in [5.74, 6) is 0.678. The van der Waals surface area contributed by atoms with E-state index in [1.54, 1.807) is 0 Å². The molecular formula is C13H28N2O2S. The Hall–Kier alpha value is -0.130. The monoisotopic (exact) mass is 276 g/mol. The Morgan fingerprint density at radius 1 is 1.22 bits per heavy atom. The summed E-state index contributed by atoms with van der Waals surface area (Å²) in [5.41, 5.74) is 0. The lowest BCUT2D eigenvalue weighted by Gasteiger charge is -2.28. The van der Waals surface area contributed by atoms with E-state index in [2.05, 4.69) is 31.0 Å². The van der Waals surface area contributed by atoms with Crippen molar-refractivity contribution in [3.05, 3.63) is 0 Å². The molecule has 1 rings (SSSR count). The van der Waals surface area contributed by atoms with E-state index in [0.717, 1.165) is 19.5 Å². The smallest absolute Gasteiger partial charge is 0.151 e. The predicted molar refractivity (Wildman–Crippen MR) is 76.7 cm³/mol. The van der Waals surface area contributed by atoms with Crippen LogP contribution < -0.4 is 5.32 Å². The molecule has 0 amide bonds. The van der Waals surface area contributed by atoms with Crippen molar-refractivity contribution < 1.29 is 8.42 Å². The summed E-state index contributed by atoms with van der Waals surface area (Å²) in [6.45, 7) is 9.13. The fourth-order valence-electron chi connectivity index (χ4n) is 2.43. The number of nitrogens with one attached hydrogen (secondary N) is 1. The van der Waals surface area contributed by atoms with Crippen molar-refractivity contribution in [3.8, 4) is 0 Å². The lowest BCUT2D eigenvalue weighted by atomic mass is 10.2. The molecule has 0 saturated carbocycles. The highest BCUT2D eigenvalue weighted by Crippen LogP contribution is 2.08. The van der Waals surface area contributed by atoms with Gasteiger partial charge in [0.1, 0.15) is 0 Å². The average Bonchev–Trinajstić information content (AvgIpc) is 2.47. The molecule has 0 aromatic heterocycles. The van der Waals surface area contributed by atoms with Crippen molar-refractivity contribution in [1.82, 2.24) is 10.2 Å². The van der Waals surface area contributed by atoms with Crippen molar-refractivity contribution >= 4 is 9.84 Å². The topological polar surface area (TPSA) is 49.4 Å². The third-order valence-corrected chi connectivity index (χ3v) is 5.41. The van der Waals surface area contributed by atoms with Crippen LogP contribution in [0.1, 0.15) is 40.0 Å². The van der Waals surface area contributed by atoms with Crippen LogP contribution in [-0.4, -0.2) is 56.5 Å². The molecule has 0 aliphatic carbocycles.